The molecule has 0 unspecified atom stereocenters. The van der Waals surface area contributed by atoms with Gasteiger partial charge in [0.15, 0.2) is 0 Å². The van der Waals surface area contributed by atoms with E-state index in [1.165, 1.54) is 13.0 Å². The summed E-state index contributed by atoms with van der Waals surface area (Å²) in [4.78, 5) is 20.0. The van der Waals surface area contributed by atoms with Gasteiger partial charge in [-0.3, -0.25) is 4.90 Å². The highest BCUT2D eigenvalue weighted by atomic mass is 15.4. The van der Waals surface area contributed by atoms with Crippen molar-refractivity contribution in [3.8, 4) is 0 Å². The second-order valence-electron chi connectivity index (χ2n) is 5.23. The van der Waals surface area contributed by atoms with Crippen LogP contribution in [-0.4, -0.2) is 73.7 Å². The maximum atomic E-state index is 4.55. The van der Waals surface area contributed by atoms with Crippen molar-refractivity contribution in [2.75, 3.05) is 69.0 Å². The molecule has 1 saturated heterocycles. The van der Waals surface area contributed by atoms with Crippen molar-refractivity contribution in [1.82, 2.24) is 19.9 Å². The molecule has 1 aliphatic heterocycles. The highest BCUT2D eigenvalue weighted by molar-refractivity contribution is 5.44. The van der Waals surface area contributed by atoms with Gasteiger partial charge in [-0.25, -0.2) is 0 Å². The number of piperazine rings is 1. The van der Waals surface area contributed by atoms with Gasteiger partial charge in [0.1, 0.15) is 0 Å². The molecule has 2 rings (SSSR count). The molecular weight excluding hydrogens is 254 g/mol. The molecule has 112 valence electrons. The minimum absolute atomic E-state index is 0.620. The summed E-state index contributed by atoms with van der Waals surface area (Å²) in [7, 11) is 5.72. The van der Waals surface area contributed by atoms with E-state index in [0.29, 0.717) is 11.9 Å². The predicted molar refractivity (Wildman–Crippen MR) is 82.6 cm³/mol. The van der Waals surface area contributed by atoms with Crippen LogP contribution in [0.2, 0.25) is 0 Å². The van der Waals surface area contributed by atoms with Crippen LogP contribution < -0.4 is 15.1 Å². The Morgan fingerprint density at radius 2 is 1.80 bits per heavy atom. The molecule has 1 aliphatic rings. The summed E-state index contributed by atoms with van der Waals surface area (Å²) in [6.07, 6.45) is 1.21. The highest BCUT2D eigenvalue weighted by Crippen LogP contribution is 2.16. The van der Waals surface area contributed by atoms with Crippen LogP contribution in [0.4, 0.5) is 17.8 Å². The first-order valence-corrected chi connectivity index (χ1v) is 7.22. The fraction of sp³-hybridized carbons (Fsp3) is 0.769. The average Bonchev–Trinajstić information content (AvgIpc) is 2.47. The van der Waals surface area contributed by atoms with E-state index in [-0.39, 0.29) is 0 Å². The van der Waals surface area contributed by atoms with Crippen molar-refractivity contribution in [3.05, 3.63) is 0 Å². The third kappa shape index (κ3) is 3.47. The number of nitrogens with one attached hydrogen (secondary N) is 1. The molecule has 1 N–H and O–H groups in total. The minimum atomic E-state index is 0.620. The van der Waals surface area contributed by atoms with E-state index in [1.54, 1.807) is 0 Å². The smallest absolute Gasteiger partial charge is 0.232 e. The van der Waals surface area contributed by atoms with E-state index in [2.05, 4.69) is 37.0 Å². The van der Waals surface area contributed by atoms with Crippen molar-refractivity contribution in [2.24, 2.45) is 0 Å². The molecular formula is C13H25N7. The van der Waals surface area contributed by atoms with Crippen molar-refractivity contribution < 1.29 is 0 Å². The van der Waals surface area contributed by atoms with Gasteiger partial charge < -0.3 is 15.1 Å². The summed E-state index contributed by atoms with van der Waals surface area (Å²) in [5.41, 5.74) is 0. The zero-order chi connectivity index (χ0) is 14.5. The Hall–Kier alpha value is -1.63. The monoisotopic (exact) mass is 279 g/mol. The first-order valence-electron chi connectivity index (χ1n) is 7.22. The van der Waals surface area contributed by atoms with Crippen LogP contribution in [0.25, 0.3) is 0 Å². The second-order valence-corrected chi connectivity index (χ2v) is 5.23. The standard InChI is InChI=1S/C13H25N7/c1-5-6-19-7-9-20(10-8-19)13-16-11(14-2)15-12(17-13)18(3)4/h5-10H2,1-4H3,(H,14,15,16,17). The number of aromatic nitrogens is 3. The first-order chi connectivity index (χ1) is 9.63. The van der Waals surface area contributed by atoms with Crippen molar-refractivity contribution >= 4 is 17.8 Å². The van der Waals surface area contributed by atoms with Crippen LogP contribution in [0.5, 0.6) is 0 Å². The summed E-state index contributed by atoms with van der Waals surface area (Å²) >= 11 is 0. The van der Waals surface area contributed by atoms with Gasteiger partial charge in [-0.15, -0.1) is 0 Å². The van der Waals surface area contributed by atoms with Crippen LogP contribution in [0, 0.1) is 0 Å². The maximum absolute atomic E-state index is 4.55. The summed E-state index contributed by atoms with van der Waals surface area (Å²) in [6, 6.07) is 0. The SMILES string of the molecule is CCCN1CCN(c2nc(NC)nc(N(C)C)n2)CC1. The van der Waals surface area contributed by atoms with Gasteiger partial charge >= 0.3 is 0 Å². The van der Waals surface area contributed by atoms with E-state index in [0.717, 1.165) is 32.1 Å². The van der Waals surface area contributed by atoms with Crippen LogP contribution >= 0.6 is 0 Å². The van der Waals surface area contributed by atoms with Crippen LogP contribution in [-0.2, 0) is 0 Å². The van der Waals surface area contributed by atoms with Gasteiger partial charge in [0.05, 0.1) is 0 Å². The molecule has 0 bridgehead atoms. The summed E-state index contributed by atoms with van der Waals surface area (Å²) < 4.78 is 0. The Morgan fingerprint density at radius 3 is 2.35 bits per heavy atom. The van der Waals surface area contributed by atoms with E-state index in [4.69, 9.17) is 0 Å². The van der Waals surface area contributed by atoms with E-state index in [9.17, 15) is 0 Å². The molecule has 0 aromatic carbocycles. The quantitative estimate of drug-likeness (QED) is 0.842. The van der Waals surface area contributed by atoms with E-state index >= 15 is 0 Å². The molecule has 20 heavy (non-hydrogen) atoms. The Balaban J connectivity index is 2.10. The Labute approximate surface area is 121 Å². The fourth-order valence-corrected chi connectivity index (χ4v) is 2.29. The Bertz CT molecular complexity index is 427. The summed E-state index contributed by atoms with van der Waals surface area (Å²) in [6.45, 7) is 7.49. The lowest BCUT2D eigenvalue weighted by Crippen LogP contribution is -2.47. The van der Waals surface area contributed by atoms with E-state index in [1.807, 2.05) is 26.0 Å². The molecule has 7 nitrogen and oxygen atoms in total. The first kappa shape index (κ1) is 14.8. The molecule has 7 heteroatoms. The molecule has 0 atom stereocenters. The van der Waals surface area contributed by atoms with Gasteiger partial charge in [0, 0.05) is 47.3 Å². The zero-order valence-corrected chi connectivity index (χ0v) is 12.9. The zero-order valence-electron chi connectivity index (χ0n) is 12.9. The lowest BCUT2D eigenvalue weighted by Gasteiger charge is -2.34. The molecule has 0 saturated carbocycles. The fourth-order valence-electron chi connectivity index (χ4n) is 2.29. The lowest BCUT2D eigenvalue weighted by atomic mass is 10.3. The van der Waals surface area contributed by atoms with Crippen LogP contribution in [0.3, 0.4) is 0 Å². The average molecular weight is 279 g/mol. The maximum Gasteiger partial charge on any atom is 0.232 e. The van der Waals surface area contributed by atoms with Crippen LogP contribution in [0.15, 0.2) is 0 Å². The van der Waals surface area contributed by atoms with Gasteiger partial charge in [0.2, 0.25) is 17.8 Å². The van der Waals surface area contributed by atoms with Crippen molar-refractivity contribution in [1.29, 1.82) is 0 Å². The predicted octanol–water partition coefficient (Wildman–Crippen LogP) is 0.511. The molecule has 0 amide bonds. The van der Waals surface area contributed by atoms with Crippen molar-refractivity contribution in [2.45, 2.75) is 13.3 Å². The van der Waals surface area contributed by atoms with Gasteiger partial charge in [-0.2, -0.15) is 15.0 Å². The van der Waals surface area contributed by atoms with Gasteiger partial charge in [-0.05, 0) is 13.0 Å². The van der Waals surface area contributed by atoms with Gasteiger partial charge in [0.25, 0.3) is 0 Å². The van der Waals surface area contributed by atoms with E-state index < -0.39 is 0 Å². The van der Waals surface area contributed by atoms with Gasteiger partial charge in [-0.1, -0.05) is 6.92 Å². The molecule has 2 heterocycles. The summed E-state index contributed by atoms with van der Waals surface area (Å²) in [5.74, 6) is 2.08. The number of anilines is 3. The molecule has 0 spiro atoms. The normalized spacial score (nSPS) is 16.3. The third-order valence-corrected chi connectivity index (χ3v) is 3.43. The van der Waals surface area contributed by atoms with Crippen molar-refractivity contribution in [3.63, 3.8) is 0 Å². The third-order valence-electron chi connectivity index (χ3n) is 3.43. The number of hydrogen-bond donors (Lipinski definition) is 1. The number of nitrogens with zero attached hydrogens (tertiary/aromatic N) is 6. The Morgan fingerprint density at radius 1 is 1.10 bits per heavy atom. The number of rotatable bonds is 5. The molecule has 1 aromatic heterocycles. The second kappa shape index (κ2) is 6.69. The largest absolute Gasteiger partial charge is 0.357 e. The number of hydrogen-bond acceptors (Lipinski definition) is 7. The Kier molecular flexibility index (Phi) is 4.94. The highest BCUT2D eigenvalue weighted by Gasteiger charge is 2.20. The minimum Gasteiger partial charge on any atom is -0.357 e. The topological polar surface area (TPSA) is 60.4 Å². The molecule has 1 aromatic rings. The molecule has 0 radical (unpaired) electrons. The lowest BCUT2D eigenvalue weighted by molar-refractivity contribution is 0.257. The molecule has 1 fully saturated rings. The summed E-state index contributed by atoms with van der Waals surface area (Å²) in [5, 5.41) is 3.00. The van der Waals surface area contributed by atoms with Crippen LogP contribution in [0.1, 0.15) is 13.3 Å². The molecule has 0 aliphatic carbocycles.